The summed E-state index contributed by atoms with van der Waals surface area (Å²) in [7, 11) is 0. The molecule has 0 radical (unpaired) electrons. The molecule has 0 saturated heterocycles. The third-order valence-corrected chi connectivity index (χ3v) is 10.1. The number of carbonyl (C=O) groups excluding carboxylic acids is 2. The molecule has 0 atom stereocenters. The lowest BCUT2D eigenvalue weighted by Gasteiger charge is -2.14. The number of pyridine rings is 2. The van der Waals surface area contributed by atoms with Crippen LogP contribution < -0.4 is 26.6 Å². The molecule has 1 amide bonds. The summed E-state index contributed by atoms with van der Waals surface area (Å²) in [5.74, 6) is 0.142. The number of para-hydroxylation sites is 2. The fraction of sp³-hybridized carbons (Fsp3) is 0.0638. The Hall–Kier alpha value is -7.69. The van der Waals surface area contributed by atoms with Crippen LogP contribution in [0.5, 0.6) is 5.75 Å². The first-order valence-electron chi connectivity index (χ1n) is 19.3. The Morgan fingerprint density at radius 2 is 1.08 bits per heavy atom. The summed E-state index contributed by atoms with van der Waals surface area (Å²) in [5, 5.41) is 25.2. The van der Waals surface area contributed by atoms with Crippen molar-refractivity contribution in [3.05, 3.63) is 225 Å². The number of amides is 1. The largest absolute Gasteiger partial charge is 0.412 e. The highest BCUT2D eigenvalue weighted by molar-refractivity contribution is 6.63. The molecule has 0 aliphatic carbocycles. The van der Waals surface area contributed by atoms with E-state index in [1.54, 1.807) is 48.8 Å². The zero-order valence-corrected chi connectivity index (χ0v) is 36.1. The minimum atomic E-state index is -0.791. The Labute approximate surface area is 384 Å². The Balaban J connectivity index is 0.000000180. The van der Waals surface area contributed by atoms with Crippen LogP contribution in [0.1, 0.15) is 16.7 Å². The second-order valence-electron chi connectivity index (χ2n) is 13.9. The first-order chi connectivity index (χ1) is 31.2. The van der Waals surface area contributed by atoms with Gasteiger partial charge in [0, 0.05) is 92.9 Å². The molecule has 0 aliphatic rings. The van der Waals surface area contributed by atoms with Crippen LogP contribution in [-0.4, -0.2) is 30.3 Å². The molecule has 2 aromatic heterocycles. The lowest BCUT2D eigenvalue weighted by molar-refractivity contribution is -0.385. The van der Waals surface area contributed by atoms with Gasteiger partial charge in [-0.15, -0.1) is 0 Å². The number of aromatic nitrogens is 2. The molecule has 2 heterocycles. The molecular formula is C47H35Cl3N6O9. The van der Waals surface area contributed by atoms with Crippen LogP contribution in [0.4, 0.5) is 16.2 Å². The van der Waals surface area contributed by atoms with Gasteiger partial charge in [-0.1, -0.05) is 71.7 Å². The van der Waals surface area contributed by atoms with Gasteiger partial charge in [-0.3, -0.25) is 34.6 Å². The van der Waals surface area contributed by atoms with Crippen molar-refractivity contribution >= 4 is 79.3 Å². The topological polar surface area (TPSA) is 212 Å². The van der Waals surface area contributed by atoms with Gasteiger partial charge in [-0.2, -0.15) is 0 Å². The number of hydrogen-bond acceptors (Lipinski definition) is 10. The molecule has 0 fully saturated rings. The molecule has 0 saturated carbocycles. The van der Waals surface area contributed by atoms with Gasteiger partial charge in [0.25, 0.3) is 11.4 Å². The number of non-ortho nitro benzene ring substituents is 2. The zero-order valence-electron chi connectivity index (χ0n) is 33.8. The Morgan fingerprint density at radius 3 is 1.52 bits per heavy atom. The monoisotopic (exact) mass is 932 g/mol. The number of nitrogens with two attached hydrogens (primary N) is 1. The van der Waals surface area contributed by atoms with Gasteiger partial charge in [-0.05, 0) is 90.0 Å². The average Bonchev–Trinajstić information content (AvgIpc) is 3.30. The van der Waals surface area contributed by atoms with E-state index in [1.165, 1.54) is 48.5 Å². The van der Waals surface area contributed by atoms with Crippen molar-refractivity contribution in [2.45, 2.75) is 19.5 Å². The summed E-state index contributed by atoms with van der Waals surface area (Å²) >= 11 is 17.4. The number of nitro groups is 2. The van der Waals surface area contributed by atoms with Crippen LogP contribution in [0.3, 0.4) is 0 Å². The van der Waals surface area contributed by atoms with E-state index in [2.05, 4.69) is 5.32 Å². The van der Waals surface area contributed by atoms with E-state index in [9.17, 15) is 39.4 Å². The number of benzene rings is 6. The standard InChI is InChI=1S/C23H16ClN3O5.C16H13ClN2O.C8H6ClNO3/c24-16-6-11-20-21(12-16)26(17-4-2-1-3-5-17)14-15(22(20)28)13-25-23(29)32-19-9-7-18(8-10-19)27(30)31;17-12-6-7-14-15(8-12)19(10-11(9-18)16(14)20)13-4-2-1-3-5-13;9-8(11)5-6-1-3-7(4-2-6)10(12)13/h1-12,14H,13H2,(H,25,29);1-8,10H,9,18H2;1-4H,5H2. The third-order valence-electron chi connectivity index (χ3n) is 9.54. The zero-order chi connectivity index (χ0) is 46.6. The number of nitrogens with zero attached hydrogens (tertiary/aromatic N) is 4. The smallest absolute Gasteiger partial charge is 0.410 e. The molecule has 0 aliphatic heterocycles. The van der Waals surface area contributed by atoms with E-state index in [4.69, 9.17) is 45.3 Å². The molecule has 328 valence electrons. The van der Waals surface area contributed by atoms with Crippen molar-refractivity contribution in [2.24, 2.45) is 5.73 Å². The predicted octanol–water partition coefficient (Wildman–Crippen LogP) is 9.85. The van der Waals surface area contributed by atoms with Crippen molar-refractivity contribution in [3.63, 3.8) is 0 Å². The highest BCUT2D eigenvalue weighted by atomic mass is 35.5. The minimum Gasteiger partial charge on any atom is -0.410 e. The van der Waals surface area contributed by atoms with Crippen LogP contribution in [-0.2, 0) is 24.3 Å². The molecule has 3 N–H and O–H groups in total. The fourth-order valence-electron chi connectivity index (χ4n) is 6.42. The van der Waals surface area contributed by atoms with Crippen molar-refractivity contribution in [3.8, 4) is 17.1 Å². The van der Waals surface area contributed by atoms with Gasteiger partial charge in [0.15, 0.2) is 10.9 Å². The van der Waals surface area contributed by atoms with Crippen molar-refractivity contribution in [1.29, 1.82) is 0 Å². The average molecular weight is 934 g/mol. The number of hydrogen-bond donors (Lipinski definition) is 2. The van der Waals surface area contributed by atoms with Crippen molar-refractivity contribution in [1.82, 2.24) is 14.5 Å². The first-order valence-corrected chi connectivity index (χ1v) is 20.5. The normalized spacial score (nSPS) is 10.5. The van der Waals surface area contributed by atoms with Gasteiger partial charge >= 0.3 is 6.09 Å². The maximum Gasteiger partial charge on any atom is 0.412 e. The summed E-state index contributed by atoms with van der Waals surface area (Å²) in [6.07, 6.45) is 2.75. The van der Waals surface area contributed by atoms with Crippen LogP contribution in [0.25, 0.3) is 33.2 Å². The van der Waals surface area contributed by atoms with Crippen molar-refractivity contribution < 1.29 is 24.2 Å². The number of halogens is 3. The predicted molar refractivity (Wildman–Crippen MR) is 251 cm³/mol. The number of nitro benzene ring substituents is 2. The van der Waals surface area contributed by atoms with Gasteiger partial charge in [0.2, 0.25) is 5.24 Å². The summed E-state index contributed by atoms with van der Waals surface area (Å²) in [6.45, 7) is 0.139. The molecule has 0 bridgehead atoms. The Kier molecular flexibility index (Phi) is 15.6. The second-order valence-corrected chi connectivity index (χ2v) is 15.1. The van der Waals surface area contributed by atoms with E-state index in [0.29, 0.717) is 43.0 Å². The summed E-state index contributed by atoms with van der Waals surface area (Å²) < 4.78 is 8.91. The Bertz CT molecular complexity index is 3150. The van der Waals surface area contributed by atoms with E-state index in [-0.39, 0.29) is 47.5 Å². The lowest BCUT2D eigenvalue weighted by atomic mass is 10.1. The molecule has 8 rings (SSSR count). The molecule has 65 heavy (non-hydrogen) atoms. The number of nitrogens with one attached hydrogen (secondary N) is 1. The number of fused-ring (bicyclic) bond motifs is 2. The number of rotatable bonds is 10. The molecule has 0 spiro atoms. The second kappa shape index (κ2) is 21.6. The van der Waals surface area contributed by atoms with Gasteiger partial charge < -0.3 is 24.9 Å². The molecule has 18 heteroatoms. The summed E-state index contributed by atoms with van der Waals surface area (Å²) in [4.78, 5) is 67.9. The van der Waals surface area contributed by atoms with E-state index in [0.717, 1.165) is 16.9 Å². The molecule has 6 aromatic carbocycles. The lowest BCUT2D eigenvalue weighted by Crippen LogP contribution is -2.29. The van der Waals surface area contributed by atoms with Gasteiger partial charge in [0.1, 0.15) is 5.75 Å². The van der Waals surface area contributed by atoms with Crippen LogP contribution in [0.15, 0.2) is 168 Å². The van der Waals surface area contributed by atoms with Crippen molar-refractivity contribution in [2.75, 3.05) is 0 Å². The Morgan fingerprint density at radius 1 is 0.631 bits per heavy atom. The van der Waals surface area contributed by atoms with Crippen LogP contribution >= 0.6 is 34.8 Å². The number of carbonyl (C=O) groups is 2. The van der Waals surface area contributed by atoms with Crippen LogP contribution in [0, 0.1) is 20.2 Å². The maximum atomic E-state index is 13.0. The quantitative estimate of drug-likeness (QED) is 0.0753. The minimum absolute atomic E-state index is 0.00534. The van der Waals surface area contributed by atoms with E-state index >= 15 is 0 Å². The number of ether oxygens (including phenoxy) is 1. The van der Waals surface area contributed by atoms with Crippen LogP contribution in [0.2, 0.25) is 10.0 Å². The SMILES string of the molecule is NCc1cn(-c2ccccc2)c2cc(Cl)ccc2c1=O.O=C(Cl)Cc1ccc([N+](=O)[O-])cc1.O=C(NCc1cn(-c2ccccc2)c2cc(Cl)ccc2c1=O)Oc1ccc([N+](=O)[O-])cc1. The molecule has 0 unspecified atom stereocenters. The first kappa shape index (κ1) is 46.8. The fourth-order valence-corrected chi connectivity index (χ4v) is 6.91. The van der Waals surface area contributed by atoms with Gasteiger partial charge in [-0.25, -0.2) is 4.79 Å². The third kappa shape index (κ3) is 12.1. The summed E-state index contributed by atoms with van der Waals surface area (Å²) in [6, 6.07) is 40.3. The van der Waals surface area contributed by atoms with Gasteiger partial charge in [0.05, 0.1) is 27.4 Å². The summed E-state index contributed by atoms with van der Waals surface area (Å²) in [5.41, 5.74) is 10.1. The highest BCUT2D eigenvalue weighted by Crippen LogP contribution is 2.24. The molecule has 15 nitrogen and oxygen atoms in total. The molecule has 8 aromatic rings. The maximum absolute atomic E-state index is 13.0. The van der Waals surface area contributed by atoms with E-state index in [1.807, 2.05) is 69.8 Å². The highest BCUT2D eigenvalue weighted by Gasteiger charge is 2.14. The van der Waals surface area contributed by atoms with E-state index < -0.39 is 21.2 Å². The molecular weight excluding hydrogens is 899 g/mol.